The molecule has 0 spiro atoms. The zero-order valence-corrected chi connectivity index (χ0v) is 21.4. The molecule has 5 nitrogen and oxygen atoms in total. The Kier molecular flexibility index (Phi) is 8.46. The lowest BCUT2D eigenvalue weighted by molar-refractivity contribution is -0.109. The van der Waals surface area contributed by atoms with Gasteiger partial charge in [-0.2, -0.15) is 0 Å². The van der Waals surface area contributed by atoms with Gasteiger partial charge in [-0.05, 0) is 42.5 Å². The van der Waals surface area contributed by atoms with Crippen LogP contribution in [0.1, 0.15) is 40.7 Å². The van der Waals surface area contributed by atoms with Gasteiger partial charge in [0.05, 0.1) is 32.1 Å². The zero-order chi connectivity index (χ0) is 25.3. The first-order chi connectivity index (χ1) is 18.2. The Bertz CT molecular complexity index is 1150. The normalized spacial score (nSPS) is 22.2. The number of carbonyl (C=O) groups excluding carboxylic acids is 1. The first kappa shape index (κ1) is 25.4. The van der Waals surface area contributed by atoms with E-state index in [4.69, 9.17) is 9.47 Å². The third-order valence-electron chi connectivity index (χ3n) is 7.41. The van der Waals surface area contributed by atoms with Crippen LogP contribution < -0.4 is 0 Å². The van der Waals surface area contributed by atoms with Crippen molar-refractivity contribution in [1.82, 2.24) is 9.80 Å². The van der Waals surface area contributed by atoms with Crippen LogP contribution in [0.5, 0.6) is 0 Å². The van der Waals surface area contributed by atoms with Crippen LogP contribution in [-0.2, 0) is 22.7 Å². The van der Waals surface area contributed by atoms with E-state index >= 15 is 0 Å². The Morgan fingerprint density at radius 3 is 2.14 bits per heavy atom. The van der Waals surface area contributed by atoms with Crippen molar-refractivity contribution in [3.05, 3.63) is 120 Å². The van der Waals surface area contributed by atoms with Gasteiger partial charge in [-0.15, -0.1) is 0 Å². The van der Waals surface area contributed by atoms with Crippen LogP contribution in [0.4, 0.5) is 0 Å². The Labute approximate surface area is 220 Å². The van der Waals surface area contributed by atoms with Crippen molar-refractivity contribution in [3.8, 4) is 0 Å². The summed E-state index contributed by atoms with van der Waals surface area (Å²) in [5.41, 5.74) is 2.73. The quantitative estimate of drug-likeness (QED) is 0.357. The van der Waals surface area contributed by atoms with Crippen molar-refractivity contribution in [2.45, 2.75) is 44.1 Å². The summed E-state index contributed by atoms with van der Waals surface area (Å²) >= 11 is 0. The summed E-state index contributed by atoms with van der Waals surface area (Å²) in [5, 5.41) is 0. The highest BCUT2D eigenvalue weighted by atomic mass is 16.5. The predicted molar refractivity (Wildman–Crippen MR) is 146 cm³/mol. The second-order valence-electron chi connectivity index (χ2n) is 10.1. The maximum Gasteiger partial charge on any atom is 0.255 e. The molecule has 0 aromatic heterocycles. The fourth-order valence-electron chi connectivity index (χ4n) is 5.34. The fourth-order valence-corrected chi connectivity index (χ4v) is 5.34. The van der Waals surface area contributed by atoms with Crippen molar-refractivity contribution in [2.24, 2.45) is 0 Å². The van der Waals surface area contributed by atoms with Gasteiger partial charge in [0.2, 0.25) is 0 Å². The van der Waals surface area contributed by atoms with E-state index in [1.165, 1.54) is 11.1 Å². The number of rotatable bonds is 9. The lowest BCUT2D eigenvalue weighted by Gasteiger charge is -2.34. The molecule has 0 N–H and O–H groups in total. The van der Waals surface area contributed by atoms with E-state index in [9.17, 15) is 4.79 Å². The summed E-state index contributed by atoms with van der Waals surface area (Å²) in [6, 6.07) is 30.5. The van der Waals surface area contributed by atoms with Crippen LogP contribution in [-0.4, -0.2) is 53.7 Å². The van der Waals surface area contributed by atoms with Gasteiger partial charge in [0, 0.05) is 24.7 Å². The molecule has 0 unspecified atom stereocenters. The Balaban J connectivity index is 1.26. The average Bonchev–Trinajstić information content (AvgIpc) is 3.22. The molecule has 1 amide bonds. The lowest BCUT2D eigenvalue weighted by Crippen LogP contribution is -2.45. The third-order valence-corrected chi connectivity index (χ3v) is 7.41. The Hall–Kier alpha value is -3.25. The third kappa shape index (κ3) is 6.75. The van der Waals surface area contributed by atoms with Crippen molar-refractivity contribution < 1.29 is 14.3 Å². The summed E-state index contributed by atoms with van der Waals surface area (Å²) < 4.78 is 12.9. The highest BCUT2D eigenvalue weighted by Gasteiger charge is 2.43. The molecule has 1 heterocycles. The van der Waals surface area contributed by atoms with Crippen LogP contribution in [0.25, 0.3) is 0 Å². The fraction of sp³-hybridized carbons (Fsp3) is 0.344. The van der Waals surface area contributed by atoms with E-state index in [1.807, 2.05) is 59.5 Å². The molecule has 192 valence electrons. The summed E-state index contributed by atoms with van der Waals surface area (Å²) in [6.07, 6.45) is 7.14. The predicted octanol–water partition coefficient (Wildman–Crippen LogP) is 5.68. The second kappa shape index (κ2) is 12.3. The molecule has 0 radical (unpaired) electrons. The molecule has 2 atom stereocenters. The number of nitrogens with zero attached hydrogens (tertiary/aromatic N) is 2. The minimum absolute atomic E-state index is 0.0768. The molecule has 3 aromatic carbocycles. The lowest BCUT2D eigenvalue weighted by atomic mass is 10.0. The van der Waals surface area contributed by atoms with E-state index in [0.29, 0.717) is 39.1 Å². The van der Waals surface area contributed by atoms with Crippen molar-refractivity contribution in [3.63, 3.8) is 0 Å². The van der Waals surface area contributed by atoms with Crippen molar-refractivity contribution >= 4 is 5.91 Å². The van der Waals surface area contributed by atoms with Crippen LogP contribution in [0.3, 0.4) is 0 Å². The molecule has 5 rings (SSSR count). The molecule has 5 heteroatoms. The number of hydrogen-bond acceptors (Lipinski definition) is 4. The minimum atomic E-state index is -0.348. The maximum atomic E-state index is 13.2. The summed E-state index contributed by atoms with van der Waals surface area (Å²) in [7, 11) is 0. The first-order valence-corrected chi connectivity index (χ1v) is 13.2. The highest BCUT2D eigenvalue weighted by molar-refractivity contribution is 5.94. The molecular formula is C32H36N2O3. The SMILES string of the molecule is O=C(c1ccccc1)N1CC=CCN([C@H]2CC[C@@](COCc3ccccc3)(OCc3ccccc3)C2)C1. The van der Waals surface area contributed by atoms with Crippen LogP contribution in [0.2, 0.25) is 0 Å². The Morgan fingerprint density at radius 2 is 1.43 bits per heavy atom. The minimum Gasteiger partial charge on any atom is -0.374 e. The first-order valence-electron chi connectivity index (χ1n) is 13.2. The van der Waals surface area contributed by atoms with E-state index in [0.717, 1.165) is 31.4 Å². The number of hydrogen-bond donors (Lipinski definition) is 0. The van der Waals surface area contributed by atoms with Crippen molar-refractivity contribution in [1.29, 1.82) is 0 Å². The Morgan fingerprint density at radius 1 is 0.811 bits per heavy atom. The van der Waals surface area contributed by atoms with E-state index in [1.54, 1.807) is 0 Å². The van der Waals surface area contributed by atoms with Gasteiger partial charge in [-0.1, -0.05) is 91.0 Å². The molecule has 2 aliphatic rings. The topological polar surface area (TPSA) is 42.0 Å². The molecule has 1 saturated carbocycles. The van der Waals surface area contributed by atoms with E-state index in [2.05, 4.69) is 53.5 Å². The number of benzene rings is 3. The molecular weight excluding hydrogens is 460 g/mol. The smallest absolute Gasteiger partial charge is 0.255 e. The second-order valence-corrected chi connectivity index (χ2v) is 10.1. The van der Waals surface area contributed by atoms with E-state index in [-0.39, 0.29) is 11.5 Å². The summed E-state index contributed by atoms with van der Waals surface area (Å²) in [6.45, 7) is 3.79. The van der Waals surface area contributed by atoms with Gasteiger partial charge in [-0.25, -0.2) is 0 Å². The molecule has 1 fully saturated rings. The van der Waals surface area contributed by atoms with Crippen LogP contribution in [0, 0.1) is 0 Å². The largest absolute Gasteiger partial charge is 0.374 e. The number of ether oxygens (including phenoxy) is 2. The summed E-state index contributed by atoms with van der Waals surface area (Å²) in [4.78, 5) is 17.6. The molecule has 0 bridgehead atoms. The molecule has 3 aromatic rings. The maximum absolute atomic E-state index is 13.2. The van der Waals surface area contributed by atoms with E-state index < -0.39 is 0 Å². The monoisotopic (exact) mass is 496 g/mol. The molecule has 0 saturated heterocycles. The summed E-state index contributed by atoms with van der Waals surface area (Å²) in [5.74, 6) is 0.0768. The van der Waals surface area contributed by atoms with Gasteiger partial charge in [0.1, 0.15) is 0 Å². The molecule has 1 aliphatic carbocycles. The van der Waals surface area contributed by atoms with Crippen LogP contribution in [0.15, 0.2) is 103 Å². The molecule has 37 heavy (non-hydrogen) atoms. The molecule has 1 aliphatic heterocycles. The highest BCUT2D eigenvalue weighted by Crippen LogP contribution is 2.38. The van der Waals surface area contributed by atoms with Gasteiger partial charge < -0.3 is 14.4 Å². The van der Waals surface area contributed by atoms with Crippen molar-refractivity contribution in [2.75, 3.05) is 26.4 Å². The van der Waals surface area contributed by atoms with Gasteiger partial charge >= 0.3 is 0 Å². The average molecular weight is 497 g/mol. The number of carbonyl (C=O) groups is 1. The standard InChI is InChI=1S/C32H36N2O3/c35-31(29-16-8-3-9-17-29)34-21-11-10-20-33(26-34)30-18-19-32(22-30,37-24-28-14-6-2-7-15-28)25-36-23-27-12-4-1-5-13-27/h1-17,30H,18-26H2/t30-,32+/m0/s1. The van der Waals surface area contributed by atoms with Gasteiger partial charge in [0.15, 0.2) is 0 Å². The van der Waals surface area contributed by atoms with Gasteiger partial charge in [-0.3, -0.25) is 9.69 Å². The van der Waals surface area contributed by atoms with Crippen LogP contribution >= 0.6 is 0 Å². The van der Waals surface area contributed by atoms with Gasteiger partial charge in [0.25, 0.3) is 5.91 Å². The zero-order valence-electron chi connectivity index (χ0n) is 21.4. The number of amides is 1.